The summed E-state index contributed by atoms with van der Waals surface area (Å²) in [5.41, 5.74) is 9.25. The minimum Gasteiger partial charge on any atom is -0.330 e. The Morgan fingerprint density at radius 1 is 0.857 bits per heavy atom. The first-order valence-corrected chi connectivity index (χ1v) is 8.38. The molecule has 0 saturated carbocycles. The molecule has 0 aliphatic rings. The molecule has 0 spiro atoms. The van der Waals surface area contributed by atoms with Crippen LogP contribution in [0.4, 0.5) is 0 Å². The van der Waals surface area contributed by atoms with Crippen molar-refractivity contribution in [3.63, 3.8) is 0 Å². The van der Waals surface area contributed by atoms with Crippen molar-refractivity contribution in [3.05, 3.63) is 0 Å². The average molecular weight is 215 g/mol. The fourth-order valence-corrected chi connectivity index (χ4v) is 10.9. The van der Waals surface area contributed by atoms with Gasteiger partial charge in [-0.2, -0.15) is 0 Å². The first kappa shape index (κ1) is 14.2. The molecular weight excluding hydrogens is 186 g/mol. The van der Waals surface area contributed by atoms with E-state index in [1.807, 2.05) is 0 Å². The molecule has 0 aromatic heterocycles. The average Bonchev–Trinajstić information content (AvgIpc) is 2.02. The van der Waals surface area contributed by atoms with Gasteiger partial charge in [0, 0.05) is 0 Å². The van der Waals surface area contributed by atoms with Gasteiger partial charge in [0.05, 0.1) is 8.07 Å². The zero-order valence-corrected chi connectivity index (χ0v) is 12.1. The monoisotopic (exact) mass is 215 g/mol. The number of rotatable bonds is 5. The predicted molar refractivity (Wildman–Crippen MR) is 69.3 cm³/mol. The summed E-state index contributed by atoms with van der Waals surface area (Å²) in [6.45, 7) is 16.5. The van der Waals surface area contributed by atoms with Crippen molar-refractivity contribution in [1.29, 1.82) is 0 Å². The van der Waals surface area contributed by atoms with E-state index in [0.717, 1.165) is 23.0 Å². The van der Waals surface area contributed by atoms with Crippen LogP contribution >= 0.6 is 0 Å². The maximum Gasteiger partial charge on any atom is 0.0798 e. The van der Waals surface area contributed by atoms with Crippen molar-refractivity contribution < 1.29 is 0 Å². The first-order chi connectivity index (χ1) is 6.31. The smallest absolute Gasteiger partial charge is 0.0798 e. The van der Waals surface area contributed by atoms with Crippen LogP contribution in [0.1, 0.15) is 54.9 Å². The van der Waals surface area contributed by atoms with Crippen LogP contribution in [0.25, 0.3) is 0 Å². The zero-order valence-electron chi connectivity index (χ0n) is 11.1. The Morgan fingerprint density at radius 2 is 1.14 bits per heavy atom. The van der Waals surface area contributed by atoms with E-state index in [1.54, 1.807) is 0 Å². The molecule has 14 heavy (non-hydrogen) atoms. The lowest BCUT2D eigenvalue weighted by Crippen LogP contribution is -2.59. The number of nitrogens with two attached hydrogens (primary N) is 1. The molecule has 2 N–H and O–H groups in total. The molecule has 0 bridgehead atoms. The van der Waals surface area contributed by atoms with Crippen LogP contribution in [-0.4, -0.2) is 13.7 Å². The fourth-order valence-electron chi connectivity index (χ4n) is 3.64. The molecule has 86 valence electrons. The Kier molecular flexibility index (Phi) is 5.38. The van der Waals surface area contributed by atoms with Gasteiger partial charge in [0.2, 0.25) is 0 Å². The minimum absolute atomic E-state index is 0.461. The largest absolute Gasteiger partial charge is 0.330 e. The van der Waals surface area contributed by atoms with E-state index < -0.39 is 8.07 Å². The van der Waals surface area contributed by atoms with Crippen LogP contribution in [0.2, 0.25) is 16.6 Å². The van der Waals surface area contributed by atoms with Crippen LogP contribution in [0.15, 0.2) is 0 Å². The maximum atomic E-state index is 6.42. The van der Waals surface area contributed by atoms with Crippen LogP contribution in [0.3, 0.4) is 0 Å². The lowest BCUT2D eigenvalue weighted by molar-refractivity contribution is 0.699. The van der Waals surface area contributed by atoms with E-state index >= 15 is 0 Å². The standard InChI is InChI=1S/C12H29NSi/c1-8-12(13)14(9(2)3,10(4)5)11(6)7/h9-12H,8,13H2,1-7H3. The van der Waals surface area contributed by atoms with E-state index in [-0.39, 0.29) is 0 Å². The molecule has 0 fully saturated rings. The van der Waals surface area contributed by atoms with Crippen molar-refractivity contribution >= 4 is 8.07 Å². The van der Waals surface area contributed by atoms with Crippen LogP contribution < -0.4 is 5.73 Å². The second-order valence-corrected chi connectivity index (χ2v) is 11.7. The van der Waals surface area contributed by atoms with Crippen molar-refractivity contribution in [2.45, 2.75) is 77.2 Å². The van der Waals surface area contributed by atoms with E-state index in [9.17, 15) is 0 Å². The second kappa shape index (κ2) is 5.31. The molecule has 0 amide bonds. The van der Waals surface area contributed by atoms with Gasteiger partial charge in [0.25, 0.3) is 0 Å². The zero-order chi connectivity index (χ0) is 11.5. The molecule has 2 heteroatoms. The Labute approximate surface area is 91.5 Å². The second-order valence-electron chi connectivity index (χ2n) is 5.48. The van der Waals surface area contributed by atoms with Crippen molar-refractivity contribution in [3.8, 4) is 0 Å². The molecule has 0 aliphatic heterocycles. The van der Waals surface area contributed by atoms with Crippen molar-refractivity contribution in [1.82, 2.24) is 0 Å². The van der Waals surface area contributed by atoms with Gasteiger partial charge in [-0.1, -0.05) is 48.5 Å². The lowest BCUT2D eigenvalue weighted by atomic mass is 10.5. The summed E-state index contributed by atoms with van der Waals surface area (Å²) in [6, 6.07) is 0. The van der Waals surface area contributed by atoms with Crippen molar-refractivity contribution in [2.75, 3.05) is 0 Å². The van der Waals surface area contributed by atoms with E-state index in [1.165, 1.54) is 0 Å². The Balaban J connectivity index is 5.16. The van der Waals surface area contributed by atoms with Crippen LogP contribution in [0.5, 0.6) is 0 Å². The highest BCUT2D eigenvalue weighted by atomic mass is 28.3. The van der Waals surface area contributed by atoms with Gasteiger partial charge >= 0.3 is 0 Å². The summed E-state index contributed by atoms with van der Waals surface area (Å²) >= 11 is 0. The van der Waals surface area contributed by atoms with Crippen molar-refractivity contribution in [2.24, 2.45) is 5.73 Å². The minimum atomic E-state index is -1.35. The Hall–Kier alpha value is 0.177. The summed E-state index contributed by atoms with van der Waals surface area (Å²) in [6.07, 6.45) is 1.14. The van der Waals surface area contributed by atoms with E-state index in [0.29, 0.717) is 5.67 Å². The molecular formula is C12H29NSi. The Bertz CT molecular complexity index is 142. The maximum absolute atomic E-state index is 6.42. The van der Waals surface area contributed by atoms with Gasteiger partial charge < -0.3 is 5.73 Å². The van der Waals surface area contributed by atoms with Gasteiger partial charge in [-0.05, 0) is 28.7 Å². The van der Waals surface area contributed by atoms with Crippen LogP contribution in [0, 0.1) is 0 Å². The first-order valence-electron chi connectivity index (χ1n) is 6.07. The normalized spacial score (nSPS) is 15.6. The highest BCUT2D eigenvalue weighted by molar-refractivity contribution is 6.84. The van der Waals surface area contributed by atoms with Gasteiger partial charge in [0.15, 0.2) is 0 Å². The molecule has 0 heterocycles. The SMILES string of the molecule is CCC(N)[Si](C(C)C)(C(C)C)C(C)C. The molecule has 0 rings (SSSR count). The predicted octanol–water partition coefficient (Wildman–Crippen LogP) is 3.94. The molecule has 1 nitrogen and oxygen atoms in total. The molecule has 0 aromatic carbocycles. The van der Waals surface area contributed by atoms with E-state index in [4.69, 9.17) is 5.73 Å². The quantitative estimate of drug-likeness (QED) is 0.691. The third-order valence-electron chi connectivity index (χ3n) is 4.08. The third kappa shape index (κ3) is 2.22. The van der Waals surface area contributed by atoms with Gasteiger partial charge in [-0.15, -0.1) is 0 Å². The summed E-state index contributed by atoms with van der Waals surface area (Å²) in [4.78, 5) is 0. The summed E-state index contributed by atoms with van der Waals surface area (Å²) in [5.74, 6) is 0. The number of hydrogen-bond donors (Lipinski definition) is 1. The Morgan fingerprint density at radius 3 is 1.21 bits per heavy atom. The van der Waals surface area contributed by atoms with Gasteiger partial charge in [-0.25, -0.2) is 0 Å². The highest BCUT2D eigenvalue weighted by Crippen LogP contribution is 2.43. The molecule has 0 aliphatic carbocycles. The highest BCUT2D eigenvalue weighted by Gasteiger charge is 2.46. The fraction of sp³-hybridized carbons (Fsp3) is 1.00. The summed E-state index contributed by atoms with van der Waals surface area (Å²) in [7, 11) is -1.35. The molecule has 0 saturated heterocycles. The third-order valence-corrected chi connectivity index (χ3v) is 11.8. The lowest BCUT2D eigenvalue weighted by Gasteiger charge is -2.47. The topological polar surface area (TPSA) is 26.0 Å². The molecule has 0 aromatic rings. The summed E-state index contributed by atoms with van der Waals surface area (Å²) < 4.78 is 0. The van der Waals surface area contributed by atoms with Gasteiger partial charge in [-0.3, -0.25) is 0 Å². The molecule has 0 radical (unpaired) electrons. The number of hydrogen-bond acceptors (Lipinski definition) is 1. The van der Waals surface area contributed by atoms with Crippen LogP contribution in [-0.2, 0) is 0 Å². The van der Waals surface area contributed by atoms with E-state index in [2.05, 4.69) is 48.5 Å². The van der Waals surface area contributed by atoms with Gasteiger partial charge in [0.1, 0.15) is 0 Å². The molecule has 1 atom stereocenters. The molecule has 1 unspecified atom stereocenters. The summed E-state index contributed by atoms with van der Waals surface area (Å²) in [5, 5.41) is 0.